The molecular weight excluding hydrogens is 389 g/mol. The molecule has 0 bridgehead atoms. The first-order valence-corrected chi connectivity index (χ1v) is 8.71. The molecule has 2 aromatic carbocycles. The molecule has 0 spiro atoms. The molecule has 0 aliphatic heterocycles. The SMILES string of the molecule is C[C@H](C(=O)Nc1ccc(NC(=O)c2cc(Cl)ccc2Cl)cc1)n1cncn1. The van der Waals surface area contributed by atoms with Crippen molar-refractivity contribution in [1.29, 1.82) is 0 Å². The van der Waals surface area contributed by atoms with Crippen LogP contribution in [0.5, 0.6) is 0 Å². The Bertz CT molecular complexity index is 958. The van der Waals surface area contributed by atoms with Gasteiger partial charge < -0.3 is 10.6 Å². The molecule has 138 valence electrons. The number of halogens is 2. The Morgan fingerprint density at radius 3 is 2.33 bits per heavy atom. The minimum Gasteiger partial charge on any atom is -0.324 e. The largest absolute Gasteiger partial charge is 0.324 e. The second-order valence-electron chi connectivity index (χ2n) is 5.70. The Morgan fingerprint density at radius 1 is 1.04 bits per heavy atom. The van der Waals surface area contributed by atoms with Crippen LogP contribution in [-0.4, -0.2) is 26.6 Å². The van der Waals surface area contributed by atoms with Crippen LogP contribution in [-0.2, 0) is 4.79 Å². The minimum atomic E-state index is -0.503. The summed E-state index contributed by atoms with van der Waals surface area (Å²) in [6, 6.07) is 10.9. The first kappa shape index (κ1) is 18.9. The number of nitrogens with zero attached hydrogens (tertiary/aromatic N) is 3. The van der Waals surface area contributed by atoms with E-state index in [1.54, 1.807) is 43.3 Å². The van der Waals surface area contributed by atoms with E-state index in [0.29, 0.717) is 21.4 Å². The van der Waals surface area contributed by atoms with Gasteiger partial charge in [-0.2, -0.15) is 5.10 Å². The van der Waals surface area contributed by atoms with Crippen molar-refractivity contribution in [1.82, 2.24) is 14.8 Å². The van der Waals surface area contributed by atoms with Crippen LogP contribution in [0.4, 0.5) is 11.4 Å². The van der Waals surface area contributed by atoms with Crippen molar-refractivity contribution >= 4 is 46.4 Å². The molecule has 27 heavy (non-hydrogen) atoms. The van der Waals surface area contributed by atoms with Crippen molar-refractivity contribution in [2.45, 2.75) is 13.0 Å². The molecule has 0 saturated carbocycles. The zero-order valence-electron chi connectivity index (χ0n) is 14.2. The summed E-state index contributed by atoms with van der Waals surface area (Å²) in [5.41, 5.74) is 1.42. The average molecular weight is 404 g/mol. The number of hydrogen-bond donors (Lipinski definition) is 2. The number of nitrogens with one attached hydrogen (secondary N) is 2. The molecule has 2 amide bonds. The first-order chi connectivity index (χ1) is 12.9. The first-order valence-electron chi connectivity index (χ1n) is 7.95. The smallest absolute Gasteiger partial charge is 0.257 e. The number of amides is 2. The Kier molecular flexibility index (Phi) is 5.73. The van der Waals surface area contributed by atoms with E-state index in [-0.39, 0.29) is 17.4 Å². The maximum absolute atomic E-state index is 12.3. The Balaban J connectivity index is 1.64. The fourth-order valence-corrected chi connectivity index (χ4v) is 2.67. The van der Waals surface area contributed by atoms with E-state index in [0.717, 1.165) is 0 Å². The van der Waals surface area contributed by atoms with Gasteiger partial charge in [0, 0.05) is 16.4 Å². The van der Waals surface area contributed by atoms with Crippen LogP contribution in [0.3, 0.4) is 0 Å². The van der Waals surface area contributed by atoms with Crippen LogP contribution >= 0.6 is 23.2 Å². The van der Waals surface area contributed by atoms with Crippen molar-refractivity contribution in [3.05, 3.63) is 70.7 Å². The summed E-state index contributed by atoms with van der Waals surface area (Å²) < 4.78 is 1.46. The quantitative estimate of drug-likeness (QED) is 0.672. The third-order valence-corrected chi connectivity index (χ3v) is 4.36. The molecule has 0 radical (unpaired) electrons. The van der Waals surface area contributed by atoms with Gasteiger partial charge in [-0.3, -0.25) is 9.59 Å². The van der Waals surface area contributed by atoms with Crippen LogP contribution < -0.4 is 10.6 Å². The van der Waals surface area contributed by atoms with Gasteiger partial charge in [-0.15, -0.1) is 0 Å². The highest BCUT2D eigenvalue weighted by atomic mass is 35.5. The number of rotatable bonds is 5. The molecule has 0 saturated heterocycles. The molecule has 1 aromatic heterocycles. The average Bonchev–Trinajstić information content (AvgIpc) is 3.19. The predicted molar refractivity (Wildman–Crippen MR) is 104 cm³/mol. The summed E-state index contributed by atoms with van der Waals surface area (Å²) in [5, 5.41) is 10.2. The molecule has 2 N–H and O–H groups in total. The van der Waals surface area contributed by atoms with Crippen molar-refractivity contribution < 1.29 is 9.59 Å². The highest BCUT2D eigenvalue weighted by molar-refractivity contribution is 6.36. The van der Waals surface area contributed by atoms with Gasteiger partial charge in [0.2, 0.25) is 5.91 Å². The number of hydrogen-bond acceptors (Lipinski definition) is 4. The fourth-order valence-electron chi connectivity index (χ4n) is 2.29. The van der Waals surface area contributed by atoms with Crippen molar-refractivity contribution in [2.24, 2.45) is 0 Å². The van der Waals surface area contributed by atoms with E-state index < -0.39 is 6.04 Å². The third-order valence-electron chi connectivity index (χ3n) is 3.80. The Hall–Kier alpha value is -2.90. The van der Waals surface area contributed by atoms with Crippen molar-refractivity contribution in [3.63, 3.8) is 0 Å². The molecule has 9 heteroatoms. The van der Waals surface area contributed by atoms with Gasteiger partial charge in [0.1, 0.15) is 18.7 Å². The maximum atomic E-state index is 12.3. The van der Waals surface area contributed by atoms with E-state index in [1.165, 1.54) is 23.4 Å². The predicted octanol–water partition coefficient (Wildman–Crippen LogP) is 4.04. The van der Waals surface area contributed by atoms with E-state index in [1.807, 2.05) is 0 Å². The third kappa shape index (κ3) is 4.64. The summed E-state index contributed by atoms with van der Waals surface area (Å²) in [5.74, 6) is -0.609. The van der Waals surface area contributed by atoms with Gasteiger partial charge in [0.05, 0.1) is 10.6 Å². The van der Waals surface area contributed by atoms with Crippen molar-refractivity contribution in [2.75, 3.05) is 10.6 Å². The topological polar surface area (TPSA) is 88.9 Å². The summed E-state index contributed by atoms with van der Waals surface area (Å²) >= 11 is 11.9. The zero-order chi connectivity index (χ0) is 19.4. The van der Waals surface area contributed by atoms with Gasteiger partial charge in [-0.05, 0) is 49.4 Å². The standard InChI is InChI=1S/C18H15Cl2N5O2/c1-11(25-10-21-9-22-25)17(26)23-13-3-5-14(6-4-13)24-18(27)15-8-12(19)2-7-16(15)20/h2-11H,1H3,(H,23,26)(H,24,27)/t11-/m1/s1. The van der Waals surface area contributed by atoms with Crippen LogP contribution in [0, 0.1) is 0 Å². The molecule has 3 aromatic rings. The lowest BCUT2D eigenvalue weighted by molar-refractivity contribution is -0.119. The fraction of sp³-hybridized carbons (Fsp3) is 0.111. The van der Waals surface area contributed by atoms with Crippen LogP contribution in [0.15, 0.2) is 55.1 Å². The number of aromatic nitrogens is 3. The number of benzene rings is 2. The van der Waals surface area contributed by atoms with Crippen LogP contribution in [0.25, 0.3) is 0 Å². The van der Waals surface area contributed by atoms with Gasteiger partial charge in [-0.1, -0.05) is 23.2 Å². The van der Waals surface area contributed by atoms with E-state index in [9.17, 15) is 9.59 Å². The monoisotopic (exact) mass is 403 g/mol. The summed E-state index contributed by atoms with van der Waals surface area (Å²) in [7, 11) is 0. The highest BCUT2D eigenvalue weighted by Gasteiger charge is 2.16. The minimum absolute atomic E-state index is 0.233. The molecule has 7 nitrogen and oxygen atoms in total. The summed E-state index contributed by atoms with van der Waals surface area (Å²) in [6.45, 7) is 1.72. The normalized spacial score (nSPS) is 11.7. The lowest BCUT2D eigenvalue weighted by Crippen LogP contribution is -2.24. The molecule has 3 rings (SSSR count). The van der Waals surface area contributed by atoms with Crippen LogP contribution in [0.1, 0.15) is 23.3 Å². The van der Waals surface area contributed by atoms with Gasteiger partial charge in [-0.25, -0.2) is 9.67 Å². The van der Waals surface area contributed by atoms with Gasteiger partial charge in [0.15, 0.2) is 0 Å². The second kappa shape index (κ2) is 8.20. The molecule has 0 fully saturated rings. The molecule has 1 atom stereocenters. The second-order valence-corrected chi connectivity index (χ2v) is 6.54. The molecule has 1 heterocycles. The lowest BCUT2D eigenvalue weighted by Gasteiger charge is -2.12. The number of carbonyl (C=O) groups is 2. The lowest BCUT2D eigenvalue weighted by atomic mass is 10.2. The number of carbonyl (C=O) groups excluding carboxylic acids is 2. The maximum Gasteiger partial charge on any atom is 0.257 e. The van der Waals surface area contributed by atoms with Gasteiger partial charge >= 0.3 is 0 Å². The Morgan fingerprint density at radius 2 is 1.70 bits per heavy atom. The molecule has 0 aliphatic carbocycles. The van der Waals surface area contributed by atoms with E-state index in [4.69, 9.17) is 23.2 Å². The van der Waals surface area contributed by atoms with Crippen molar-refractivity contribution in [3.8, 4) is 0 Å². The van der Waals surface area contributed by atoms with Crippen LogP contribution in [0.2, 0.25) is 10.0 Å². The zero-order valence-corrected chi connectivity index (χ0v) is 15.7. The molecular formula is C18H15Cl2N5O2. The summed E-state index contributed by atoms with van der Waals surface area (Å²) in [6.07, 6.45) is 2.84. The molecule has 0 unspecified atom stereocenters. The Labute approximate surface area is 165 Å². The van der Waals surface area contributed by atoms with E-state index in [2.05, 4.69) is 20.7 Å². The number of anilines is 2. The van der Waals surface area contributed by atoms with Gasteiger partial charge in [0.25, 0.3) is 5.91 Å². The summed E-state index contributed by atoms with van der Waals surface area (Å²) in [4.78, 5) is 28.4. The van der Waals surface area contributed by atoms with E-state index >= 15 is 0 Å². The highest BCUT2D eigenvalue weighted by Crippen LogP contribution is 2.22. The molecule has 0 aliphatic rings.